The number of carbonyl (C=O) groups is 2. The van der Waals surface area contributed by atoms with Gasteiger partial charge in [-0.1, -0.05) is 24.3 Å². The molecule has 0 spiro atoms. The van der Waals surface area contributed by atoms with Gasteiger partial charge in [-0.3, -0.25) is 0 Å². The highest BCUT2D eigenvalue weighted by Crippen LogP contribution is 2.32. The van der Waals surface area contributed by atoms with Crippen molar-refractivity contribution in [2.45, 2.75) is 44.8 Å². The van der Waals surface area contributed by atoms with Crippen LogP contribution in [0.15, 0.2) is 24.3 Å². The Hall–Kier alpha value is -2.04. The van der Waals surface area contributed by atoms with Gasteiger partial charge in [-0.25, -0.2) is 9.59 Å². The van der Waals surface area contributed by atoms with Gasteiger partial charge in [0.25, 0.3) is 0 Å². The summed E-state index contributed by atoms with van der Waals surface area (Å²) >= 11 is 0. The fraction of sp³-hybridized carbons (Fsp3) is 0.500. The summed E-state index contributed by atoms with van der Waals surface area (Å²) in [5, 5.41) is 12.4. The van der Waals surface area contributed by atoms with E-state index in [1.54, 1.807) is 0 Å². The molecular formula is C16H20N2O3. The number of carboxylic acids is 1. The minimum Gasteiger partial charge on any atom is -0.480 e. The number of carboxylic acid groups (broad SMARTS) is 1. The van der Waals surface area contributed by atoms with Crippen molar-refractivity contribution in [2.24, 2.45) is 5.92 Å². The maximum atomic E-state index is 12.4. The van der Waals surface area contributed by atoms with E-state index >= 15 is 0 Å². The second kappa shape index (κ2) is 5.39. The van der Waals surface area contributed by atoms with Crippen LogP contribution in [0.4, 0.5) is 4.79 Å². The van der Waals surface area contributed by atoms with E-state index in [0.717, 1.165) is 24.0 Å². The minimum absolute atomic E-state index is 0.115. The molecule has 2 N–H and O–H groups in total. The number of urea groups is 1. The van der Waals surface area contributed by atoms with Crippen LogP contribution in [0.2, 0.25) is 0 Å². The highest BCUT2D eigenvalue weighted by Gasteiger charge is 2.36. The van der Waals surface area contributed by atoms with E-state index in [1.807, 2.05) is 31.2 Å². The number of amides is 2. The molecule has 2 aliphatic rings. The Balaban J connectivity index is 1.78. The van der Waals surface area contributed by atoms with E-state index in [9.17, 15) is 14.7 Å². The van der Waals surface area contributed by atoms with Gasteiger partial charge in [0, 0.05) is 19.0 Å². The molecule has 0 saturated heterocycles. The van der Waals surface area contributed by atoms with E-state index in [-0.39, 0.29) is 12.1 Å². The molecule has 5 heteroatoms. The fourth-order valence-corrected chi connectivity index (χ4v) is 2.95. The van der Waals surface area contributed by atoms with E-state index in [2.05, 4.69) is 5.32 Å². The van der Waals surface area contributed by atoms with Crippen LogP contribution >= 0.6 is 0 Å². The Morgan fingerprint density at radius 3 is 2.57 bits per heavy atom. The molecule has 0 bridgehead atoms. The normalized spacial score (nSPS) is 22.3. The highest BCUT2D eigenvalue weighted by molar-refractivity contribution is 5.83. The lowest BCUT2D eigenvalue weighted by atomic mass is 9.94. The Morgan fingerprint density at radius 2 is 1.95 bits per heavy atom. The van der Waals surface area contributed by atoms with Crippen LogP contribution < -0.4 is 5.32 Å². The number of fused-ring (bicyclic) bond motifs is 1. The van der Waals surface area contributed by atoms with Crippen molar-refractivity contribution in [1.82, 2.24) is 10.2 Å². The van der Waals surface area contributed by atoms with E-state index in [4.69, 9.17) is 0 Å². The number of hydrogen-bond acceptors (Lipinski definition) is 2. The second-order valence-electron chi connectivity index (χ2n) is 6.03. The SMILES string of the molecule is CC(NC(=O)N1Cc2ccccc2CC1C(=O)O)C1CC1. The summed E-state index contributed by atoms with van der Waals surface area (Å²) in [6.07, 6.45) is 2.66. The lowest BCUT2D eigenvalue weighted by molar-refractivity contribution is -0.142. The van der Waals surface area contributed by atoms with Gasteiger partial charge in [-0.2, -0.15) is 0 Å². The second-order valence-corrected chi connectivity index (χ2v) is 6.03. The summed E-state index contributed by atoms with van der Waals surface area (Å²) in [6, 6.07) is 6.78. The van der Waals surface area contributed by atoms with Gasteiger partial charge in [0.15, 0.2) is 0 Å². The van der Waals surface area contributed by atoms with E-state index in [0.29, 0.717) is 18.9 Å². The maximum Gasteiger partial charge on any atom is 0.326 e. The third kappa shape index (κ3) is 2.86. The molecule has 1 aromatic rings. The molecule has 0 aromatic heterocycles. The first kappa shape index (κ1) is 13.9. The fourth-order valence-electron chi connectivity index (χ4n) is 2.95. The van der Waals surface area contributed by atoms with E-state index in [1.165, 1.54) is 4.90 Å². The lowest BCUT2D eigenvalue weighted by Crippen LogP contribution is -2.54. The van der Waals surface area contributed by atoms with Crippen LogP contribution in [0, 0.1) is 5.92 Å². The summed E-state index contributed by atoms with van der Waals surface area (Å²) in [4.78, 5) is 25.4. The molecule has 112 valence electrons. The monoisotopic (exact) mass is 288 g/mol. The summed E-state index contributed by atoms with van der Waals surface area (Å²) in [6.45, 7) is 2.35. The van der Waals surface area contributed by atoms with Gasteiger partial charge >= 0.3 is 12.0 Å². The Bertz CT molecular complexity index is 568. The average molecular weight is 288 g/mol. The van der Waals surface area contributed by atoms with Crippen LogP contribution in [-0.4, -0.2) is 34.1 Å². The van der Waals surface area contributed by atoms with Crippen LogP contribution in [0.5, 0.6) is 0 Å². The van der Waals surface area contributed by atoms with Crippen molar-refractivity contribution in [2.75, 3.05) is 0 Å². The minimum atomic E-state index is -0.946. The molecule has 1 heterocycles. The maximum absolute atomic E-state index is 12.4. The zero-order chi connectivity index (χ0) is 15.0. The van der Waals surface area contributed by atoms with Crippen molar-refractivity contribution in [1.29, 1.82) is 0 Å². The van der Waals surface area contributed by atoms with Crippen molar-refractivity contribution >= 4 is 12.0 Å². The van der Waals surface area contributed by atoms with E-state index < -0.39 is 12.0 Å². The molecular weight excluding hydrogens is 268 g/mol. The predicted molar refractivity (Wildman–Crippen MR) is 77.8 cm³/mol. The largest absolute Gasteiger partial charge is 0.480 e. The quantitative estimate of drug-likeness (QED) is 0.894. The lowest BCUT2D eigenvalue weighted by Gasteiger charge is -2.35. The van der Waals surface area contributed by atoms with Crippen molar-refractivity contribution in [3.05, 3.63) is 35.4 Å². The molecule has 3 rings (SSSR count). The zero-order valence-corrected chi connectivity index (χ0v) is 12.1. The van der Waals surface area contributed by atoms with Gasteiger partial charge in [-0.05, 0) is 36.8 Å². The Kier molecular flexibility index (Phi) is 3.57. The topological polar surface area (TPSA) is 69.6 Å². The van der Waals surface area contributed by atoms with Crippen molar-refractivity contribution in [3.63, 3.8) is 0 Å². The molecule has 2 amide bonds. The zero-order valence-electron chi connectivity index (χ0n) is 12.1. The Labute approximate surface area is 123 Å². The molecule has 0 radical (unpaired) electrons. The molecule has 1 aliphatic carbocycles. The molecule has 1 aromatic carbocycles. The first-order chi connectivity index (χ1) is 10.1. The van der Waals surface area contributed by atoms with Crippen LogP contribution in [0.1, 0.15) is 30.9 Å². The highest BCUT2D eigenvalue weighted by atomic mass is 16.4. The summed E-state index contributed by atoms with van der Waals surface area (Å²) in [5.74, 6) is -0.395. The van der Waals surface area contributed by atoms with Crippen molar-refractivity contribution in [3.8, 4) is 0 Å². The molecule has 1 fully saturated rings. The number of aliphatic carboxylic acids is 1. The molecule has 1 saturated carbocycles. The van der Waals surface area contributed by atoms with Gasteiger partial charge in [-0.15, -0.1) is 0 Å². The number of hydrogen-bond donors (Lipinski definition) is 2. The molecule has 1 aliphatic heterocycles. The summed E-state index contributed by atoms with van der Waals surface area (Å²) in [5.41, 5.74) is 2.05. The number of benzene rings is 1. The van der Waals surface area contributed by atoms with Gasteiger partial charge < -0.3 is 15.3 Å². The van der Waals surface area contributed by atoms with Crippen molar-refractivity contribution < 1.29 is 14.7 Å². The van der Waals surface area contributed by atoms with Gasteiger partial charge in [0.05, 0.1) is 0 Å². The van der Waals surface area contributed by atoms with Crippen LogP contribution in [0.25, 0.3) is 0 Å². The number of nitrogens with zero attached hydrogens (tertiary/aromatic N) is 1. The number of nitrogens with one attached hydrogen (secondary N) is 1. The molecule has 21 heavy (non-hydrogen) atoms. The molecule has 2 unspecified atom stereocenters. The van der Waals surface area contributed by atoms with Gasteiger partial charge in [0.2, 0.25) is 0 Å². The molecule has 2 atom stereocenters. The third-order valence-corrected chi connectivity index (χ3v) is 4.47. The Morgan fingerprint density at radius 1 is 1.29 bits per heavy atom. The summed E-state index contributed by atoms with van der Waals surface area (Å²) in [7, 11) is 0. The molecule has 5 nitrogen and oxygen atoms in total. The van der Waals surface area contributed by atoms with Gasteiger partial charge in [0.1, 0.15) is 6.04 Å². The summed E-state index contributed by atoms with van der Waals surface area (Å²) < 4.78 is 0. The third-order valence-electron chi connectivity index (χ3n) is 4.47. The van der Waals surface area contributed by atoms with Crippen LogP contribution in [-0.2, 0) is 17.8 Å². The van der Waals surface area contributed by atoms with Crippen LogP contribution in [0.3, 0.4) is 0 Å². The predicted octanol–water partition coefficient (Wildman–Crippen LogP) is 2.01. The number of carbonyl (C=O) groups excluding carboxylic acids is 1. The first-order valence-electron chi connectivity index (χ1n) is 7.43. The number of rotatable bonds is 3. The standard InChI is InChI=1S/C16H20N2O3/c1-10(11-6-7-11)17-16(21)18-9-13-5-3-2-4-12(13)8-14(18)15(19)20/h2-5,10-11,14H,6-9H2,1H3,(H,17,21)(H,19,20). The first-order valence-corrected chi connectivity index (χ1v) is 7.43. The smallest absolute Gasteiger partial charge is 0.326 e. The average Bonchev–Trinajstić information content (AvgIpc) is 3.30.